The second kappa shape index (κ2) is 6.88. The van der Waals surface area contributed by atoms with Gasteiger partial charge in [0.1, 0.15) is 11.6 Å². The lowest BCUT2D eigenvalue weighted by Crippen LogP contribution is -2.31. The summed E-state index contributed by atoms with van der Waals surface area (Å²) in [5.41, 5.74) is 2.95. The predicted molar refractivity (Wildman–Crippen MR) is 94.7 cm³/mol. The summed E-state index contributed by atoms with van der Waals surface area (Å²) in [5, 5.41) is 3.09. The molecule has 0 spiro atoms. The first-order chi connectivity index (χ1) is 12.2. The average Bonchev–Trinajstić information content (AvgIpc) is 3.33. The summed E-state index contributed by atoms with van der Waals surface area (Å²) in [6, 6.07) is 5.82. The number of nitrogens with one attached hydrogen (secondary N) is 2. The van der Waals surface area contributed by atoms with Crippen molar-refractivity contribution in [1.82, 2.24) is 20.2 Å². The molecule has 6 heteroatoms. The fourth-order valence-corrected chi connectivity index (χ4v) is 3.74. The van der Waals surface area contributed by atoms with Gasteiger partial charge in [-0.1, -0.05) is 12.1 Å². The molecular formula is C19H24N4O2. The second-order valence-corrected chi connectivity index (χ2v) is 6.99. The Bertz CT molecular complexity index is 771. The maximum Gasteiger partial charge on any atom is 0.255 e. The molecule has 3 heterocycles. The van der Waals surface area contributed by atoms with Crippen LogP contribution in [0.2, 0.25) is 0 Å². The summed E-state index contributed by atoms with van der Waals surface area (Å²) < 4.78 is 5.63. The minimum Gasteiger partial charge on any atom is -0.492 e. The lowest BCUT2D eigenvalue weighted by Gasteiger charge is -2.15. The maximum absolute atomic E-state index is 12.5. The van der Waals surface area contributed by atoms with Crippen LogP contribution in [-0.2, 0) is 13.0 Å². The van der Waals surface area contributed by atoms with E-state index < -0.39 is 0 Å². The number of carbonyl (C=O) groups is 1. The SMILES string of the molecule is Cc1ncc(CN2CC[C@H](CNC(=O)c3cccc4c3OCC4)C2)[nH]1. The molecule has 6 nitrogen and oxygen atoms in total. The number of ether oxygens (including phenoxy) is 1. The summed E-state index contributed by atoms with van der Waals surface area (Å²) in [4.78, 5) is 22.5. The minimum atomic E-state index is -0.0265. The zero-order valence-electron chi connectivity index (χ0n) is 14.5. The van der Waals surface area contributed by atoms with Gasteiger partial charge in [-0.05, 0) is 37.4 Å². The van der Waals surface area contributed by atoms with E-state index in [4.69, 9.17) is 4.74 Å². The molecule has 2 aliphatic rings. The number of carbonyl (C=O) groups excluding carboxylic acids is 1. The van der Waals surface area contributed by atoms with Gasteiger partial charge in [0.15, 0.2) is 0 Å². The number of aromatic amines is 1. The normalized spacial score (nSPS) is 19.6. The molecule has 2 aromatic rings. The third-order valence-electron chi connectivity index (χ3n) is 5.03. The number of hydrogen-bond acceptors (Lipinski definition) is 4. The smallest absolute Gasteiger partial charge is 0.255 e. The number of likely N-dealkylation sites (tertiary alicyclic amines) is 1. The van der Waals surface area contributed by atoms with E-state index in [2.05, 4.69) is 20.2 Å². The van der Waals surface area contributed by atoms with E-state index in [-0.39, 0.29) is 5.91 Å². The lowest BCUT2D eigenvalue weighted by atomic mass is 10.1. The van der Waals surface area contributed by atoms with E-state index in [1.165, 1.54) is 0 Å². The summed E-state index contributed by atoms with van der Waals surface area (Å²) in [6.45, 7) is 6.30. The highest BCUT2D eigenvalue weighted by atomic mass is 16.5. The fraction of sp³-hybridized carbons (Fsp3) is 0.474. The molecule has 132 valence electrons. The molecular weight excluding hydrogens is 316 g/mol. The van der Waals surface area contributed by atoms with E-state index >= 15 is 0 Å². The number of fused-ring (bicyclic) bond motifs is 1. The van der Waals surface area contributed by atoms with Crippen molar-refractivity contribution in [3.8, 4) is 5.75 Å². The van der Waals surface area contributed by atoms with Gasteiger partial charge in [0.2, 0.25) is 0 Å². The zero-order valence-corrected chi connectivity index (χ0v) is 14.5. The van der Waals surface area contributed by atoms with Gasteiger partial charge in [-0.3, -0.25) is 9.69 Å². The van der Waals surface area contributed by atoms with Gasteiger partial charge < -0.3 is 15.0 Å². The Balaban J connectivity index is 1.29. The molecule has 0 saturated carbocycles. The van der Waals surface area contributed by atoms with E-state index in [1.807, 2.05) is 31.3 Å². The number of nitrogens with zero attached hydrogens (tertiary/aromatic N) is 2. The third-order valence-corrected chi connectivity index (χ3v) is 5.03. The predicted octanol–water partition coefficient (Wildman–Crippen LogP) is 1.90. The van der Waals surface area contributed by atoms with Crippen molar-refractivity contribution in [2.75, 3.05) is 26.2 Å². The molecule has 0 bridgehead atoms. The van der Waals surface area contributed by atoms with Gasteiger partial charge in [0.25, 0.3) is 5.91 Å². The molecule has 1 aromatic heterocycles. The van der Waals surface area contributed by atoms with E-state index in [9.17, 15) is 4.79 Å². The molecule has 1 saturated heterocycles. The average molecular weight is 340 g/mol. The first-order valence-electron chi connectivity index (χ1n) is 8.95. The summed E-state index contributed by atoms with van der Waals surface area (Å²) in [5.74, 6) is 2.19. The Hall–Kier alpha value is -2.34. The van der Waals surface area contributed by atoms with Crippen LogP contribution in [0.4, 0.5) is 0 Å². The highest BCUT2D eigenvalue weighted by Gasteiger charge is 2.25. The van der Waals surface area contributed by atoms with Crippen molar-refractivity contribution in [1.29, 1.82) is 0 Å². The Morgan fingerprint density at radius 3 is 3.24 bits per heavy atom. The van der Waals surface area contributed by atoms with Gasteiger partial charge in [0, 0.05) is 37.9 Å². The van der Waals surface area contributed by atoms with Gasteiger partial charge in [-0.25, -0.2) is 4.98 Å². The maximum atomic E-state index is 12.5. The van der Waals surface area contributed by atoms with Gasteiger partial charge >= 0.3 is 0 Å². The molecule has 1 fully saturated rings. The monoisotopic (exact) mass is 340 g/mol. The minimum absolute atomic E-state index is 0.0265. The Morgan fingerprint density at radius 1 is 1.48 bits per heavy atom. The summed E-state index contributed by atoms with van der Waals surface area (Å²) in [6.07, 6.45) is 3.90. The van der Waals surface area contributed by atoms with Crippen molar-refractivity contribution in [3.05, 3.63) is 47.0 Å². The number of hydrogen-bond donors (Lipinski definition) is 2. The van der Waals surface area contributed by atoms with Crippen LogP contribution in [-0.4, -0.2) is 47.0 Å². The number of aryl methyl sites for hydroxylation is 1. The van der Waals surface area contributed by atoms with Crippen molar-refractivity contribution in [2.45, 2.75) is 26.3 Å². The number of benzene rings is 1. The fourth-order valence-electron chi connectivity index (χ4n) is 3.74. The molecule has 25 heavy (non-hydrogen) atoms. The van der Waals surface area contributed by atoms with Crippen LogP contribution >= 0.6 is 0 Å². The Kier molecular flexibility index (Phi) is 4.44. The zero-order chi connectivity index (χ0) is 17.2. The van der Waals surface area contributed by atoms with Crippen LogP contribution in [0.25, 0.3) is 0 Å². The Morgan fingerprint density at radius 2 is 2.40 bits per heavy atom. The van der Waals surface area contributed by atoms with Gasteiger partial charge in [0.05, 0.1) is 12.2 Å². The number of amides is 1. The molecule has 1 atom stereocenters. The number of H-pyrrole nitrogens is 1. The van der Waals surface area contributed by atoms with Crippen LogP contribution in [0.15, 0.2) is 24.4 Å². The topological polar surface area (TPSA) is 70.2 Å². The molecule has 0 radical (unpaired) electrons. The first kappa shape index (κ1) is 16.1. The van der Waals surface area contributed by atoms with Crippen molar-refractivity contribution < 1.29 is 9.53 Å². The Labute approximate surface area is 147 Å². The largest absolute Gasteiger partial charge is 0.492 e. The highest BCUT2D eigenvalue weighted by molar-refractivity contribution is 5.97. The standard InChI is InChI=1S/C19H24N4O2/c1-13-20-10-16(22-13)12-23-7-5-14(11-23)9-21-19(24)17-4-2-3-15-6-8-25-18(15)17/h2-4,10,14H,5-9,11-12H2,1H3,(H,20,22)(H,21,24)/t14-/m1/s1. The molecule has 1 aromatic carbocycles. The summed E-state index contributed by atoms with van der Waals surface area (Å²) >= 11 is 0. The van der Waals surface area contributed by atoms with E-state index in [0.29, 0.717) is 24.6 Å². The van der Waals surface area contributed by atoms with Crippen LogP contribution in [0.1, 0.15) is 33.9 Å². The number of rotatable bonds is 5. The van der Waals surface area contributed by atoms with Crippen LogP contribution in [0, 0.1) is 12.8 Å². The van der Waals surface area contributed by atoms with E-state index in [1.54, 1.807) is 0 Å². The molecule has 1 amide bonds. The van der Waals surface area contributed by atoms with Crippen molar-refractivity contribution >= 4 is 5.91 Å². The van der Waals surface area contributed by atoms with Crippen LogP contribution in [0.3, 0.4) is 0 Å². The number of para-hydroxylation sites is 1. The molecule has 4 rings (SSSR count). The van der Waals surface area contributed by atoms with Crippen LogP contribution in [0.5, 0.6) is 5.75 Å². The van der Waals surface area contributed by atoms with Crippen molar-refractivity contribution in [3.63, 3.8) is 0 Å². The number of imidazole rings is 1. The van der Waals surface area contributed by atoms with Crippen LogP contribution < -0.4 is 10.1 Å². The summed E-state index contributed by atoms with van der Waals surface area (Å²) in [7, 11) is 0. The van der Waals surface area contributed by atoms with Gasteiger partial charge in [-0.2, -0.15) is 0 Å². The molecule has 2 aliphatic heterocycles. The molecule has 0 unspecified atom stereocenters. The quantitative estimate of drug-likeness (QED) is 0.872. The third kappa shape index (κ3) is 3.54. The van der Waals surface area contributed by atoms with Gasteiger partial charge in [-0.15, -0.1) is 0 Å². The van der Waals surface area contributed by atoms with E-state index in [0.717, 1.165) is 55.3 Å². The van der Waals surface area contributed by atoms with Crippen molar-refractivity contribution in [2.24, 2.45) is 5.92 Å². The molecule has 2 N–H and O–H groups in total. The lowest BCUT2D eigenvalue weighted by molar-refractivity contribution is 0.0944. The number of aromatic nitrogens is 2. The second-order valence-electron chi connectivity index (χ2n) is 6.99. The highest BCUT2D eigenvalue weighted by Crippen LogP contribution is 2.29. The molecule has 0 aliphatic carbocycles. The first-order valence-corrected chi connectivity index (χ1v) is 8.95.